The number of nitrogens with one attached hydrogen (secondary N) is 1. The highest BCUT2D eigenvalue weighted by molar-refractivity contribution is 5.99. The van der Waals surface area contributed by atoms with E-state index >= 15 is 0 Å². The van der Waals surface area contributed by atoms with Crippen LogP contribution < -0.4 is 5.32 Å². The summed E-state index contributed by atoms with van der Waals surface area (Å²) in [5, 5.41) is 14.7. The predicted octanol–water partition coefficient (Wildman–Crippen LogP) is 5.77. The van der Waals surface area contributed by atoms with E-state index in [1.54, 1.807) is 32.9 Å². The Morgan fingerprint density at radius 2 is 1.77 bits per heavy atom. The average molecular weight is 421 g/mol. The Morgan fingerprint density at radius 3 is 2.23 bits per heavy atom. The molecular formula is C23H36N2O5. The number of nitro benzene ring substituents is 1. The maximum Gasteiger partial charge on any atom is 0.309 e. The minimum absolute atomic E-state index is 0.0381. The van der Waals surface area contributed by atoms with E-state index in [-0.39, 0.29) is 35.4 Å². The lowest BCUT2D eigenvalue weighted by Gasteiger charge is -2.24. The SMILES string of the molecule is CCC(CC)Nc1ccc(C(=O)C[C@@H](CC(C)C)C(=O)OC(C)(C)C)cc1[N+](=O)[O-]. The maximum atomic E-state index is 12.9. The Labute approximate surface area is 179 Å². The number of nitro groups is 1. The van der Waals surface area contributed by atoms with E-state index < -0.39 is 22.4 Å². The normalized spacial score (nSPS) is 12.7. The molecule has 7 heteroatoms. The number of ketones is 1. The number of benzene rings is 1. The van der Waals surface area contributed by atoms with Gasteiger partial charge in [0.05, 0.1) is 10.8 Å². The first-order valence-corrected chi connectivity index (χ1v) is 10.7. The fourth-order valence-electron chi connectivity index (χ4n) is 3.25. The zero-order chi connectivity index (χ0) is 23.1. The minimum atomic E-state index is -0.642. The summed E-state index contributed by atoms with van der Waals surface area (Å²) >= 11 is 0. The Bertz CT molecular complexity index is 748. The number of hydrogen-bond donors (Lipinski definition) is 1. The van der Waals surface area contributed by atoms with Crippen molar-refractivity contribution in [2.45, 2.75) is 85.8 Å². The molecule has 0 aliphatic rings. The fraction of sp³-hybridized carbons (Fsp3) is 0.652. The second-order valence-corrected chi connectivity index (χ2v) is 9.13. The Kier molecular flexibility index (Phi) is 9.46. The molecule has 1 aromatic rings. The molecule has 0 heterocycles. The minimum Gasteiger partial charge on any atom is -0.460 e. The van der Waals surface area contributed by atoms with Crippen LogP contribution in [0.1, 0.15) is 84.5 Å². The van der Waals surface area contributed by atoms with Crippen LogP contribution in [0.4, 0.5) is 11.4 Å². The molecule has 0 aliphatic carbocycles. The highest BCUT2D eigenvalue weighted by atomic mass is 16.6. The molecular weight excluding hydrogens is 384 g/mol. The molecule has 0 aromatic heterocycles. The van der Waals surface area contributed by atoms with Gasteiger partial charge in [-0.3, -0.25) is 19.7 Å². The lowest BCUT2D eigenvalue weighted by Crippen LogP contribution is -2.30. The number of esters is 1. The first kappa shape index (κ1) is 25.6. The van der Waals surface area contributed by atoms with Crippen LogP contribution in [0.25, 0.3) is 0 Å². The van der Waals surface area contributed by atoms with Crippen molar-refractivity contribution in [3.63, 3.8) is 0 Å². The van der Waals surface area contributed by atoms with Crippen molar-refractivity contribution in [2.75, 3.05) is 5.32 Å². The summed E-state index contributed by atoms with van der Waals surface area (Å²) in [7, 11) is 0. The number of nitrogens with zero attached hydrogens (tertiary/aromatic N) is 1. The van der Waals surface area contributed by atoms with Crippen LogP contribution >= 0.6 is 0 Å². The fourth-order valence-corrected chi connectivity index (χ4v) is 3.25. The van der Waals surface area contributed by atoms with Crippen LogP contribution in [0.5, 0.6) is 0 Å². The Hall–Kier alpha value is -2.44. The van der Waals surface area contributed by atoms with Gasteiger partial charge in [0.25, 0.3) is 5.69 Å². The van der Waals surface area contributed by atoms with E-state index in [2.05, 4.69) is 5.32 Å². The summed E-state index contributed by atoms with van der Waals surface area (Å²) in [6, 6.07) is 4.58. The van der Waals surface area contributed by atoms with Gasteiger partial charge in [0.15, 0.2) is 5.78 Å². The van der Waals surface area contributed by atoms with Gasteiger partial charge >= 0.3 is 5.97 Å². The van der Waals surface area contributed by atoms with Crippen molar-refractivity contribution in [3.05, 3.63) is 33.9 Å². The molecule has 1 aromatic carbocycles. The van der Waals surface area contributed by atoms with Gasteiger partial charge < -0.3 is 10.1 Å². The van der Waals surface area contributed by atoms with Gasteiger partial charge in [-0.25, -0.2) is 0 Å². The van der Waals surface area contributed by atoms with E-state index in [4.69, 9.17) is 4.74 Å². The van der Waals surface area contributed by atoms with Gasteiger partial charge in [0, 0.05) is 24.1 Å². The van der Waals surface area contributed by atoms with Crippen molar-refractivity contribution < 1.29 is 19.2 Å². The molecule has 0 spiro atoms. The van der Waals surface area contributed by atoms with Crippen molar-refractivity contribution in [3.8, 4) is 0 Å². The molecule has 168 valence electrons. The largest absolute Gasteiger partial charge is 0.460 e. The van der Waals surface area contributed by atoms with Crippen molar-refractivity contribution in [1.29, 1.82) is 0 Å². The average Bonchev–Trinajstić information content (AvgIpc) is 2.63. The van der Waals surface area contributed by atoms with Crippen LogP contribution in [-0.4, -0.2) is 28.3 Å². The second-order valence-electron chi connectivity index (χ2n) is 9.13. The summed E-state index contributed by atoms with van der Waals surface area (Å²) < 4.78 is 5.48. The van der Waals surface area contributed by atoms with Gasteiger partial charge in [-0.15, -0.1) is 0 Å². The highest BCUT2D eigenvalue weighted by Gasteiger charge is 2.29. The second kappa shape index (κ2) is 11.1. The zero-order valence-corrected chi connectivity index (χ0v) is 19.3. The highest BCUT2D eigenvalue weighted by Crippen LogP contribution is 2.29. The summed E-state index contributed by atoms with van der Waals surface area (Å²) in [6.45, 7) is 13.3. The molecule has 0 aliphatic heterocycles. The zero-order valence-electron chi connectivity index (χ0n) is 19.3. The lowest BCUT2D eigenvalue weighted by atomic mass is 9.90. The molecule has 1 rings (SSSR count). The molecule has 1 N–H and O–H groups in total. The molecule has 0 amide bonds. The predicted molar refractivity (Wildman–Crippen MR) is 119 cm³/mol. The van der Waals surface area contributed by atoms with Gasteiger partial charge in [0.1, 0.15) is 11.3 Å². The first-order chi connectivity index (χ1) is 13.9. The molecule has 0 bridgehead atoms. The van der Waals surface area contributed by atoms with E-state index in [0.717, 1.165) is 12.8 Å². The monoisotopic (exact) mass is 420 g/mol. The maximum absolute atomic E-state index is 12.9. The van der Waals surface area contributed by atoms with Gasteiger partial charge in [-0.05, 0) is 58.1 Å². The van der Waals surface area contributed by atoms with Crippen LogP contribution in [0.3, 0.4) is 0 Å². The molecule has 0 unspecified atom stereocenters. The standard InChI is InChI=1S/C23H36N2O5/c1-8-18(9-2)24-19-11-10-16(13-20(19)25(28)29)21(26)14-17(12-15(3)4)22(27)30-23(5,6)7/h10-11,13,15,17-18,24H,8-9,12,14H2,1-7H3/t17-/m1/s1. The van der Waals surface area contributed by atoms with Crippen molar-refractivity contribution >= 4 is 23.1 Å². The van der Waals surface area contributed by atoms with Gasteiger partial charge in [-0.1, -0.05) is 27.7 Å². The molecule has 7 nitrogen and oxygen atoms in total. The number of carbonyl (C=O) groups is 2. The topological polar surface area (TPSA) is 98.5 Å². The van der Waals surface area contributed by atoms with Crippen LogP contribution in [0.2, 0.25) is 0 Å². The van der Waals surface area contributed by atoms with E-state index in [0.29, 0.717) is 12.1 Å². The van der Waals surface area contributed by atoms with Crippen molar-refractivity contribution in [1.82, 2.24) is 0 Å². The quantitative estimate of drug-likeness (QED) is 0.211. The third-order valence-corrected chi connectivity index (χ3v) is 4.79. The number of anilines is 1. The number of ether oxygens (including phenoxy) is 1. The summed E-state index contributed by atoms with van der Waals surface area (Å²) in [5.41, 5.74) is -0.146. The van der Waals surface area contributed by atoms with Crippen LogP contribution in [0, 0.1) is 22.0 Å². The Balaban J connectivity index is 3.10. The number of carbonyl (C=O) groups excluding carboxylic acids is 2. The molecule has 1 atom stereocenters. The van der Waals surface area contributed by atoms with Crippen LogP contribution in [0.15, 0.2) is 18.2 Å². The number of rotatable bonds is 11. The summed E-state index contributed by atoms with van der Waals surface area (Å²) in [4.78, 5) is 36.5. The van der Waals surface area contributed by atoms with Gasteiger partial charge in [0.2, 0.25) is 0 Å². The van der Waals surface area contributed by atoms with Gasteiger partial charge in [-0.2, -0.15) is 0 Å². The molecule has 0 saturated carbocycles. The van der Waals surface area contributed by atoms with E-state index in [9.17, 15) is 19.7 Å². The summed E-state index contributed by atoms with van der Waals surface area (Å²) in [6.07, 6.45) is 2.14. The Morgan fingerprint density at radius 1 is 1.17 bits per heavy atom. The molecule has 0 saturated heterocycles. The molecule has 0 fully saturated rings. The summed E-state index contributed by atoms with van der Waals surface area (Å²) in [5.74, 6) is -1.09. The third-order valence-electron chi connectivity index (χ3n) is 4.79. The van der Waals surface area contributed by atoms with Crippen molar-refractivity contribution in [2.24, 2.45) is 11.8 Å². The number of hydrogen-bond acceptors (Lipinski definition) is 6. The lowest BCUT2D eigenvalue weighted by molar-refractivity contribution is -0.384. The molecule has 0 radical (unpaired) electrons. The van der Waals surface area contributed by atoms with E-state index in [1.807, 2.05) is 27.7 Å². The number of Topliss-reactive ketones (excluding diaryl/α,β-unsaturated/α-hetero) is 1. The first-order valence-electron chi connectivity index (χ1n) is 10.7. The molecule has 30 heavy (non-hydrogen) atoms. The smallest absolute Gasteiger partial charge is 0.309 e. The van der Waals surface area contributed by atoms with Crippen LogP contribution in [-0.2, 0) is 9.53 Å². The third kappa shape index (κ3) is 8.13. The van der Waals surface area contributed by atoms with E-state index in [1.165, 1.54) is 6.07 Å².